The molecule has 0 aromatic heterocycles. The van der Waals surface area contributed by atoms with E-state index < -0.39 is 17.2 Å². The van der Waals surface area contributed by atoms with Crippen molar-refractivity contribution in [2.75, 3.05) is 26.8 Å². The Balaban J connectivity index is 2.09. The van der Waals surface area contributed by atoms with Crippen molar-refractivity contribution in [1.82, 2.24) is 10.6 Å². The number of nitrogens with one attached hydrogen (secondary N) is 2. The fourth-order valence-corrected chi connectivity index (χ4v) is 2.93. The first-order chi connectivity index (χ1) is 10.9. The van der Waals surface area contributed by atoms with Crippen LogP contribution < -0.4 is 10.6 Å². The Morgan fingerprint density at radius 1 is 1.30 bits per heavy atom. The van der Waals surface area contributed by atoms with Crippen LogP contribution in [-0.4, -0.2) is 32.7 Å². The van der Waals surface area contributed by atoms with E-state index in [-0.39, 0.29) is 24.6 Å². The first-order valence-corrected chi connectivity index (χ1v) is 7.52. The number of carbonyl (C=O) groups excluding carboxylic acids is 1. The zero-order valence-electron chi connectivity index (χ0n) is 13.0. The second-order valence-electron chi connectivity index (χ2n) is 5.80. The van der Waals surface area contributed by atoms with E-state index in [0.29, 0.717) is 25.9 Å². The van der Waals surface area contributed by atoms with Crippen molar-refractivity contribution in [2.45, 2.75) is 25.6 Å². The van der Waals surface area contributed by atoms with Crippen LogP contribution in [0.4, 0.5) is 13.2 Å². The molecule has 0 saturated carbocycles. The SMILES string of the molecule is COCC1(C(=O)NCc2ccccc2C(F)(F)F)CCNCC1. The van der Waals surface area contributed by atoms with Crippen molar-refractivity contribution in [1.29, 1.82) is 0 Å². The van der Waals surface area contributed by atoms with Gasteiger partial charge in [-0.2, -0.15) is 13.2 Å². The predicted octanol–water partition coefficient (Wildman–Crippen LogP) is 2.34. The highest BCUT2D eigenvalue weighted by molar-refractivity contribution is 5.83. The van der Waals surface area contributed by atoms with Crippen molar-refractivity contribution < 1.29 is 22.7 Å². The quantitative estimate of drug-likeness (QED) is 0.871. The Morgan fingerprint density at radius 3 is 2.57 bits per heavy atom. The molecule has 0 bridgehead atoms. The number of ether oxygens (including phenoxy) is 1. The molecule has 2 N–H and O–H groups in total. The number of halogens is 3. The zero-order valence-corrected chi connectivity index (χ0v) is 13.0. The largest absolute Gasteiger partial charge is 0.416 e. The fraction of sp³-hybridized carbons (Fsp3) is 0.562. The summed E-state index contributed by atoms with van der Waals surface area (Å²) in [5.41, 5.74) is -1.33. The van der Waals surface area contributed by atoms with Gasteiger partial charge < -0.3 is 15.4 Å². The molecule has 128 valence electrons. The van der Waals surface area contributed by atoms with Gasteiger partial charge in [0.25, 0.3) is 0 Å². The van der Waals surface area contributed by atoms with Gasteiger partial charge in [0.1, 0.15) is 0 Å². The Morgan fingerprint density at radius 2 is 1.96 bits per heavy atom. The molecule has 1 aliphatic rings. The molecule has 1 heterocycles. The average molecular weight is 330 g/mol. The number of carbonyl (C=O) groups is 1. The Bertz CT molecular complexity index is 535. The zero-order chi connectivity index (χ0) is 16.9. The van der Waals surface area contributed by atoms with E-state index in [1.807, 2.05) is 0 Å². The standard InChI is InChI=1S/C16H21F3N2O2/c1-23-11-15(6-8-20-9-7-15)14(22)21-10-12-4-2-3-5-13(12)16(17,18)19/h2-5,20H,6-11H2,1H3,(H,21,22). The molecule has 4 nitrogen and oxygen atoms in total. The number of methoxy groups -OCH3 is 1. The van der Waals surface area contributed by atoms with E-state index in [1.165, 1.54) is 25.3 Å². The van der Waals surface area contributed by atoms with E-state index >= 15 is 0 Å². The third kappa shape index (κ3) is 4.23. The number of amides is 1. The molecule has 0 unspecified atom stereocenters. The molecule has 1 aliphatic heterocycles. The minimum Gasteiger partial charge on any atom is -0.384 e. The molecule has 0 spiro atoms. The molecule has 1 amide bonds. The van der Waals surface area contributed by atoms with Crippen LogP contribution in [0.3, 0.4) is 0 Å². The summed E-state index contributed by atoms with van der Waals surface area (Å²) in [5.74, 6) is -0.252. The molecule has 1 aromatic carbocycles. The number of hydrogen-bond acceptors (Lipinski definition) is 3. The van der Waals surface area contributed by atoms with Crippen LogP contribution in [0.5, 0.6) is 0 Å². The van der Waals surface area contributed by atoms with Gasteiger partial charge in [-0.1, -0.05) is 18.2 Å². The summed E-state index contributed by atoms with van der Waals surface area (Å²) in [4.78, 5) is 12.5. The van der Waals surface area contributed by atoms with Gasteiger partial charge in [-0.3, -0.25) is 4.79 Å². The summed E-state index contributed by atoms with van der Waals surface area (Å²) in [5, 5.41) is 5.83. The monoisotopic (exact) mass is 330 g/mol. The molecule has 7 heteroatoms. The molecular weight excluding hydrogens is 309 g/mol. The molecule has 1 fully saturated rings. The molecule has 0 atom stereocenters. The van der Waals surface area contributed by atoms with Crippen molar-refractivity contribution in [3.63, 3.8) is 0 Å². The lowest BCUT2D eigenvalue weighted by atomic mass is 9.78. The van der Waals surface area contributed by atoms with Gasteiger partial charge in [0.15, 0.2) is 0 Å². The van der Waals surface area contributed by atoms with Crippen LogP contribution >= 0.6 is 0 Å². The van der Waals surface area contributed by atoms with Crippen molar-refractivity contribution in [3.05, 3.63) is 35.4 Å². The molecule has 23 heavy (non-hydrogen) atoms. The Kier molecular flexibility index (Phi) is 5.64. The van der Waals surface area contributed by atoms with Gasteiger partial charge in [-0.15, -0.1) is 0 Å². The van der Waals surface area contributed by atoms with Crippen molar-refractivity contribution in [2.24, 2.45) is 5.41 Å². The highest BCUT2D eigenvalue weighted by Crippen LogP contribution is 2.33. The minimum atomic E-state index is -4.43. The molecule has 1 saturated heterocycles. The van der Waals surface area contributed by atoms with Gasteiger partial charge in [-0.05, 0) is 37.6 Å². The third-order valence-electron chi connectivity index (χ3n) is 4.23. The number of hydrogen-bond donors (Lipinski definition) is 2. The highest BCUT2D eigenvalue weighted by atomic mass is 19.4. The predicted molar refractivity (Wildman–Crippen MR) is 79.7 cm³/mol. The topological polar surface area (TPSA) is 50.4 Å². The number of alkyl halides is 3. The van der Waals surface area contributed by atoms with E-state index in [0.717, 1.165) is 6.07 Å². The van der Waals surface area contributed by atoms with Gasteiger partial charge in [-0.25, -0.2) is 0 Å². The minimum absolute atomic E-state index is 0.0647. The van der Waals surface area contributed by atoms with Gasteiger partial charge >= 0.3 is 6.18 Å². The summed E-state index contributed by atoms with van der Waals surface area (Å²) in [6.07, 6.45) is -3.22. The maximum absolute atomic E-state index is 13.0. The van der Waals surface area contributed by atoms with Crippen molar-refractivity contribution in [3.8, 4) is 0 Å². The molecular formula is C16H21F3N2O2. The average Bonchev–Trinajstić information content (AvgIpc) is 2.53. The van der Waals surface area contributed by atoms with Crippen LogP contribution in [0.15, 0.2) is 24.3 Å². The van der Waals surface area contributed by atoms with Gasteiger partial charge in [0.05, 0.1) is 17.6 Å². The normalized spacial score (nSPS) is 17.7. The van der Waals surface area contributed by atoms with E-state index in [9.17, 15) is 18.0 Å². The molecule has 1 aromatic rings. The second-order valence-corrected chi connectivity index (χ2v) is 5.80. The lowest BCUT2D eigenvalue weighted by Crippen LogP contribution is -2.50. The first-order valence-electron chi connectivity index (χ1n) is 7.52. The van der Waals surface area contributed by atoms with Crippen LogP contribution in [-0.2, 0) is 22.3 Å². The lowest BCUT2D eigenvalue weighted by Gasteiger charge is -2.35. The van der Waals surface area contributed by atoms with Crippen LogP contribution in [0, 0.1) is 5.41 Å². The van der Waals surface area contributed by atoms with Crippen molar-refractivity contribution >= 4 is 5.91 Å². The fourth-order valence-electron chi connectivity index (χ4n) is 2.93. The Labute approximate surface area is 133 Å². The summed E-state index contributed by atoms with van der Waals surface area (Å²) in [6, 6.07) is 5.28. The number of benzene rings is 1. The van der Waals surface area contributed by atoms with Gasteiger partial charge in [0, 0.05) is 13.7 Å². The highest BCUT2D eigenvalue weighted by Gasteiger charge is 2.40. The van der Waals surface area contributed by atoms with Crippen LogP contribution in [0.25, 0.3) is 0 Å². The molecule has 2 rings (SSSR count). The molecule has 0 radical (unpaired) electrons. The summed E-state index contributed by atoms with van der Waals surface area (Å²) in [6.45, 7) is 1.50. The second kappa shape index (κ2) is 7.31. The summed E-state index contributed by atoms with van der Waals surface area (Å²) in [7, 11) is 1.52. The van der Waals surface area contributed by atoms with E-state index in [4.69, 9.17) is 4.74 Å². The van der Waals surface area contributed by atoms with Gasteiger partial charge in [0.2, 0.25) is 5.91 Å². The number of piperidine rings is 1. The van der Waals surface area contributed by atoms with Crippen LogP contribution in [0.2, 0.25) is 0 Å². The molecule has 0 aliphatic carbocycles. The third-order valence-corrected chi connectivity index (χ3v) is 4.23. The summed E-state index contributed by atoms with van der Waals surface area (Å²) >= 11 is 0. The van der Waals surface area contributed by atoms with E-state index in [2.05, 4.69) is 10.6 Å². The maximum atomic E-state index is 13.0. The summed E-state index contributed by atoms with van der Waals surface area (Å²) < 4.78 is 44.1. The van der Waals surface area contributed by atoms with Crippen LogP contribution in [0.1, 0.15) is 24.0 Å². The number of rotatable bonds is 5. The van der Waals surface area contributed by atoms with E-state index in [1.54, 1.807) is 0 Å². The maximum Gasteiger partial charge on any atom is 0.416 e. The Hall–Kier alpha value is -1.60. The smallest absolute Gasteiger partial charge is 0.384 e. The first kappa shape index (κ1) is 17.7. The lowest BCUT2D eigenvalue weighted by molar-refractivity contribution is -0.140.